The average molecular weight is 326 g/mol. The molecule has 1 aromatic heterocycles. The molecule has 21 heavy (non-hydrogen) atoms. The Morgan fingerprint density at radius 1 is 1.24 bits per heavy atom. The van der Waals surface area contributed by atoms with Gasteiger partial charge in [0.15, 0.2) is 0 Å². The topological polar surface area (TPSA) is 29.9 Å². The lowest BCUT2D eigenvalue weighted by atomic mass is 10.0. The van der Waals surface area contributed by atoms with Crippen molar-refractivity contribution in [2.75, 3.05) is 7.05 Å². The first-order chi connectivity index (χ1) is 10.1. The van der Waals surface area contributed by atoms with E-state index in [0.717, 1.165) is 30.6 Å². The molecular weight excluding hydrogens is 305 g/mol. The number of hydrogen-bond acceptors (Lipinski definition) is 2. The summed E-state index contributed by atoms with van der Waals surface area (Å²) < 4.78 is 2.05. The second kappa shape index (κ2) is 7.30. The van der Waals surface area contributed by atoms with E-state index < -0.39 is 0 Å². The van der Waals surface area contributed by atoms with Crippen LogP contribution in [0.3, 0.4) is 0 Å². The van der Waals surface area contributed by atoms with Gasteiger partial charge in [-0.15, -0.1) is 0 Å². The number of nitrogens with zero attached hydrogens (tertiary/aromatic N) is 2. The first kappa shape index (κ1) is 16.3. The van der Waals surface area contributed by atoms with Gasteiger partial charge >= 0.3 is 0 Å². The summed E-state index contributed by atoms with van der Waals surface area (Å²) in [5, 5.41) is 9.30. The molecule has 0 bridgehead atoms. The lowest BCUT2D eigenvalue weighted by molar-refractivity contribution is 0.540. The summed E-state index contributed by atoms with van der Waals surface area (Å²) in [6, 6.07) is 7.85. The van der Waals surface area contributed by atoms with Crippen molar-refractivity contribution in [1.29, 1.82) is 0 Å². The van der Waals surface area contributed by atoms with E-state index in [0.29, 0.717) is 10.0 Å². The summed E-state index contributed by atoms with van der Waals surface area (Å²) in [6.07, 6.45) is 1.75. The number of hydrogen-bond donors (Lipinski definition) is 1. The van der Waals surface area contributed by atoms with Gasteiger partial charge in [-0.25, -0.2) is 0 Å². The molecule has 0 spiro atoms. The Morgan fingerprint density at radius 2 is 1.90 bits per heavy atom. The Labute approximate surface area is 136 Å². The number of benzene rings is 1. The molecule has 114 valence electrons. The third kappa shape index (κ3) is 3.60. The SMILES string of the molecule is CCc1cc(CC(NC)c2c(Cl)cccc2Cl)n(CC)n1. The highest BCUT2D eigenvalue weighted by atomic mass is 35.5. The molecule has 0 aliphatic carbocycles. The van der Waals surface area contributed by atoms with E-state index in [2.05, 4.69) is 30.3 Å². The van der Waals surface area contributed by atoms with Crippen LogP contribution in [0.5, 0.6) is 0 Å². The van der Waals surface area contributed by atoms with E-state index in [4.69, 9.17) is 23.2 Å². The number of rotatable bonds is 6. The van der Waals surface area contributed by atoms with Crippen LogP contribution in [0.25, 0.3) is 0 Å². The van der Waals surface area contributed by atoms with Crippen molar-refractivity contribution in [3.63, 3.8) is 0 Å². The van der Waals surface area contributed by atoms with E-state index in [1.165, 1.54) is 5.69 Å². The minimum absolute atomic E-state index is 0.0675. The molecule has 0 saturated heterocycles. The summed E-state index contributed by atoms with van der Waals surface area (Å²) in [6.45, 7) is 5.08. The van der Waals surface area contributed by atoms with Gasteiger partial charge in [-0.3, -0.25) is 4.68 Å². The van der Waals surface area contributed by atoms with Gasteiger partial charge in [0.2, 0.25) is 0 Å². The minimum atomic E-state index is 0.0675. The van der Waals surface area contributed by atoms with E-state index in [1.807, 2.05) is 29.9 Å². The molecule has 0 amide bonds. The van der Waals surface area contributed by atoms with Gasteiger partial charge in [-0.2, -0.15) is 5.10 Å². The number of aromatic nitrogens is 2. The Balaban J connectivity index is 2.33. The number of aryl methyl sites for hydroxylation is 2. The quantitative estimate of drug-likeness (QED) is 0.859. The molecule has 2 aromatic rings. The first-order valence-corrected chi connectivity index (χ1v) is 8.03. The van der Waals surface area contributed by atoms with Crippen LogP contribution in [-0.4, -0.2) is 16.8 Å². The normalized spacial score (nSPS) is 12.6. The summed E-state index contributed by atoms with van der Waals surface area (Å²) in [4.78, 5) is 0. The van der Waals surface area contributed by atoms with E-state index >= 15 is 0 Å². The molecule has 1 atom stereocenters. The number of halogens is 2. The molecule has 1 heterocycles. The zero-order valence-electron chi connectivity index (χ0n) is 12.7. The molecule has 0 fully saturated rings. The van der Waals surface area contributed by atoms with Crippen LogP contribution in [0.1, 0.15) is 36.8 Å². The summed E-state index contributed by atoms with van der Waals surface area (Å²) in [5.41, 5.74) is 3.27. The van der Waals surface area contributed by atoms with Crippen molar-refractivity contribution in [1.82, 2.24) is 15.1 Å². The highest BCUT2D eigenvalue weighted by Gasteiger charge is 2.19. The molecular formula is C16H21Cl2N3. The van der Waals surface area contributed by atoms with Crippen LogP contribution < -0.4 is 5.32 Å². The first-order valence-electron chi connectivity index (χ1n) is 7.27. The fourth-order valence-electron chi connectivity index (χ4n) is 2.53. The molecule has 1 aromatic carbocycles. The third-order valence-corrected chi connectivity index (χ3v) is 4.34. The van der Waals surface area contributed by atoms with Gasteiger partial charge in [-0.05, 0) is 38.6 Å². The Hall–Kier alpha value is -1.03. The van der Waals surface area contributed by atoms with Crippen LogP contribution in [-0.2, 0) is 19.4 Å². The van der Waals surface area contributed by atoms with E-state index in [9.17, 15) is 0 Å². The Bertz CT molecular complexity index is 587. The van der Waals surface area contributed by atoms with E-state index in [1.54, 1.807) is 0 Å². The van der Waals surface area contributed by atoms with Gasteiger partial charge in [0.05, 0.1) is 5.69 Å². The predicted octanol–water partition coefficient (Wildman–Crippen LogP) is 4.28. The van der Waals surface area contributed by atoms with Crippen LogP contribution in [0, 0.1) is 0 Å². The molecule has 2 rings (SSSR count). The van der Waals surface area contributed by atoms with Gasteiger partial charge < -0.3 is 5.32 Å². The highest BCUT2D eigenvalue weighted by molar-refractivity contribution is 6.36. The molecule has 1 N–H and O–H groups in total. The lowest BCUT2D eigenvalue weighted by Crippen LogP contribution is -2.21. The van der Waals surface area contributed by atoms with Crippen LogP contribution in [0.4, 0.5) is 0 Å². The zero-order chi connectivity index (χ0) is 15.4. The van der Waals surface area contributed by atoms with Crippen molar-refractivity contribution < 1.29 is 0 Å². The summed E-state index contributed by atoms with van der Waals surface area (Å²) in [5.74, 6) is 0. The molecule has 3 nitrogen and oxygen atoms in total. The van der Waals surface area contributed by atoms with Crippen LogP contribution >= 0.6 is 23.2 Å². The van der Waals surface area contributed by atoms with Crippen molar-refractivity contribution in [2.24, 2.45) is 0 Å². The van der Waals surface area contributed by atoms with Crippen molar-refractivity contribution in [3.8, 4) is 0 Å². The number of likely N-dealkylation sites (N-methyl/N-ethyl adjacent to an activating group) is 1. The maximum atomic E-state index is 6.33. The number of nitrogens with one attached hydrogen (secondary N) is 1. The fourth-order valence-corrected chi connectivity index (χ4v) is 3.19. The fraction of sp³-hybridized carbons (Fsp3) is 0.438. The lowest BCUT2D eigenvalue weighted by Gasteiger charge is -2.19. The Morgan fingerprint density at radius 3 is 2.43 bits per heavy atom. The second-order valence-corrected chi connectivity index (χ2v) is 5.79. The molecule has 0 saturated carbocycles. The largest absolute Gasteiger partial charge is 0.313 e. The molecule has 0 radical (unpaired) electrons. The maximum absolute atomic E-state index is 6.33. The smallest absolute Gasteiger partial charge is 0.0624 e. The summed E-state index contributed by atoms with van der Waals surface area (Å²) in [7, 11) is 1.93. The molecule has 1 unspecified atom stereocenters. The zero-order valence-corrected chi connectivity index (χ0v) is 14.2. The maximum Gasteiger partial charge on any atom is 0.0624 e. The van der Waals surface area contributed by atoms with Crippen molar-refractivity contribution in [3.05, 3.63) is 51.3 Å². The van der Waals surface area contributed by atoms with Gasteiger partial charge in [0.25, 0.3) is 0 Å². The average Bonchev–Trinajstić information content (AvgIpc) is 2.88. The highest BCUT2D eigenvalue weighted by Crippen LogP contribution is 2.32. The summed E-state index contributed by atoms with van der Waals surface area (Å²) >= 11 is 12.7. The van der Waals surface area contributed by atoms with Gasteiger partial charge in [0.1, 0.15) is 0 Å². The minimum Gasteiger partial charge on any atom is -0.313 e. The van der Waals surface area contributed by atoms with E-state index in [-0.39, 0.29) is 6.04 Å². The standard InChI is InChI=1S/C16H21Cl2N3/c1-4-11-9-12(21(5-2)20-11)10-15(19-3)16-13(17)7-6-8-14(16)18/h6-9,15,19H,4-5,10H2,1-3H3. The predicted molar refractivity (Wildman–Crippen MR) is 89.2 cm³/mol. The van der Waals surface area contributed by atoms with Crippen molar-refractivity contribution >= 4 is 23.2 Å². The monoisotopic (exact) mass is 325 g/mol. The second-order valence-electron chi connectivity index (χ2n) is 4.98. The third-order valence-electron chi connectivity index (χ3n) is 3.69. The molecule has 5 heteroatoms. The Kier molecular flexibility index (Phi) is 5.68. The van der Waals surface area contributed by atoms with Crippen molar-refractivity contribution in [2.45, 2.75) is 39.3 Å². The van der Waals surface area contributed by atoms with Crippen LogP contribution in [0.2, 0.25) is 10.0 Å². The molecule has 0 aliphatic rings. The molecule has 0 aliphatic heterocycles. The van der Waals surface area contributed by atoms with Crippen LogP contribution in [0.15, 0.2) is 24.3 Å². The van der Waals surface area contributed by atoms with Gasteiger partial charge in [0, 0.05) is 40.3 Å². The van der Waals surface area contributed by atoms with Gasteiger partial charge in [-0.1, -0.05) is 36.2 Å².